The molecule has 2 aromatic rings. The average molecular weight is 347 g/mol. The van der Waals surface area contributed by atoms with Crippen molar-refractivity contribution in [1.82, 2.24) is 0 Å². The maximum Gasteiger partial charge on any atom is 0.371 e. The van der Waals surface area contributed by atoms with Crippen molar-refractivity contribution in [3.05, 3.63) is 76.0 Å². The van der Waals surface area contributed by atoms with Crippen LogP contribution in [-0.4, -0.2) is 16.2 Å². The Morgan fingerprint density at radius 1 is 0.952 bits per heavy atom. The van der Waals surface area contributed by atoms with Crippen LogP contribution in [0.15, 0.2) is 64.8 Å². The molecule has 0 saturated heterocycles. The first kappa shape index (κ1) is 15.3. The van der Waals surface area contributed by atoms with Gasteiger partial charge in [-0.05, 0) is 36.1 Å². The van der Waals surface area contributed by atoms with E-state index in [0.29, 0.717) is 18.4 Å². The molecular weight excluding hydrogens is 332 g/mol. The Kier molecular flexibility index (Phi) is 5.17. The predicted molar refractivity (Wildman–Crippen MR) is 86.1 cm³/mol. The number of aliphatic hydroxyl groups is 1. The molecule has 0 atom stereocenters. The molecule has 0 saturated carbocycles. The third kappa shape index (κ3) is 4.20. The Labute approximate surface area is 131 Å². The van der Waals surface area contributed by atoms with Crippen molar-refractivity contribution < 1.29 is 15.0 Å². The van der Waals surface area contributed by atoms with E-state index in [0.717, 1.165) is 15.6 Å². The van der Waals surface area contributed by atoms with Crippen LogP contribution in [0.3, 0.4) is 0 Å². The molecule has 0 amide bonds. The van der Waals surface area contributed by atoms with Crippen LogP contribution in [0.1, 0.15) is 17.5 Å². The second-order valence-electron chi connectivity index (χ2n) is 4.62. The van der Waals surface area contributed by atoms with E-state index in [-0.39, 0.29) is 0 Å². The minimum atomic E-state index is -1.30. The fraction of sp³-hybridized carbons (Fsp3) is 0.118. The number of rotatable bonds is 5. The van der Waals surface area contributed by atoms with E-state index in [4.69, 9.17) is 5.11 Å². The van der Waals surface area contributed by atoms with Gasteiger partial charge in [0.2, 0.25) is 5.76 Å². The average Bonchev–Trinajstić information content (AvgIpc) is 2.50. The van der Waals surface area contributed by atoms with E-state index in [1.807, 2.05) is 42.5 Å². The Morgan fingerprint density at radius 3 is 2.14 bits per heavy atom. The number of carboxylic acid groups (broad SMARTS) is 1. The summed E-state index contributed by atoms with van der Waals surface area (Å²) in [4.78, 5) is 11.1. The van der Waals surface area contributed by atoms with Gasteiger partial charge >= 0.3 is 5.97 Å². The van der Waals surface area contributed by atoms with Crippen LogP contribution in [0.25, 0.3) is 5.57 Å². The molecule has 0 bridgehead atoms. The molecule has 108 valence electrons. The number of carbonyl (C=O) groups is 1. The smallest absolute Gasteiger partial charge is 0.371 e. The zero-order chi connectivity index (χ0) is 15.2. The van der Waals surface area contributed by atoms with Crippen LogP contribution >= 0.6 is 15.9 Å². The topological polar surface area (TPSA) is 57.5 Å². The number of hydrogen-bond acceptors (Lipinski definition) is 2. The quantitative estimate of drug-likeness (QED) is 0.621. The molecule has 2 aromatic carbocycles. The lowest BCUT2D eigenvalue weighted by molar-refractivity contribution is -0.135. The molecule has 0 unspecified atom stereocenters. The molecule has 0 aliphatic carbocycles. The Hall–Kier alpha value is -2.07. The molecule has 0 spiro atoms. The monoisotopic (exact) mass is 346 g/mol. The van der Waals surface area contributed by atoms with Crippen LogP contribution in [0, 0.1) is 0 Å². The van der Waals surface area contributed by atoms with E-state index in [2.05, 4.69) is 15.9 Å². The first-order valence-corrected chi connectivity index (χ1v) is 7.32. The van der Waals surface area contributed by atoms with Gasteiger partial charge in [-0.15, -0.1) is 0 Å². The zero-order valence-corrected chi connectivity index (χ0v) is 12.9. The van der Waals surface area contributed by atoms with Crippen molar-refractivity contribution >= 4 is 27.5 Å². The van der Waals surface area contributed by atoms with Gasteiger partial charge in [-0.1, -0.05) is 58.4 Å². The van der Waals surface area contributed by atoms with E-state index < -0.39 is 11.7 Å². The van der Waals surface area contributed by atoms with E-state index in [9.17, 15) is 9.90 Å². The van der Waals surface area contributed by atoms with Gasteiger partial charge in [-0.2, -0.15) is 0 Å². The lowest BCUT2D eigenvalue weighted by atomic mass is 9.97. The van der Waals surface area contributed by atoms with Gasteiger partial charge in [0.05, 0.1) is 0 Å². The highest BCUT2D eigenvalue weighted by Gasteiger charge is 2.14. The van der Waals surface area contributed by atoms with Crippen LogP contribution < -0.4 is 0 Å². The van der Waals surface area contributed by atoms with Gasteiger partial charge < -0.3 is 10.2 Å². The van der Waals surface area contributed by atoms with Gasteiger partial charge in [0.1, 0.15) is 0 Å². The summed E-state index contributed by atoms with van der Waals surface area (Å²) < 4.78 is 0.999. The summed E-state index contributed by atoms with van der Waals surface area (Å²) in [5.74, 6) is -1.89. The molecule has 0 radical (unpaired) electrons. The molecular formula is C17H15BrO3. The standard InChI is InChI=1S/C17H15BrO3/c18-14-9-6-12(7-10-14)8-11-15(16(19)17(20)21)13-4-2-1-3-5-13/h1-7,9-10,19H,8,11H2,(H,20,21)/b16-15-. The molecule has 2 N–H and O–H groups in total. The highest BCUT2D eigenvalue weighted by Crippen LogP contribution is 2.24. The van der Waals surface area contributed by atoms with Crippen molar-refractivity contribution in [2.24, 2.45) is 0 Å². The third-order valence-electron chi connectivity index (χ3n) is 3.19. The summed E-state index contributed by atoms with van der Waals surface area (Å²) in [7, 11) is 0. The van der Waals surface area contributed by atoms with Gasteiger partial charge in [0, 0.05) is 10.0 Å². The number of hydrogen-bond donors (Lipinski definition) is 2. The van der Waals surface area contributed by atoms with Crippen molar-refractivity contribution in [2.45, 2.75) is 12.8 Å². The van der Waals surface area contributed by atoms with Crippen LogP contribution in [0.4, 0.5) is 0 Å². The lowest BCUT2D eigenvalue weighted by Gasteiger charge is -2.09. The zero-order valence-electron chi connectivity index (χ0n) is 11.3. The second-order valence-corrected chi connectivity index (χ2v) is 5.54. The first-order chi connectivity index (χ1) is 10.1. The number of aliphatic carboxylic acids is 1. The summed E-state index contributed by atoms with van der Waals surface area (Å²) in [6.07, 6.45) is 1.12. The summed E-state index contributed by atoms with van der Waals surface area (Å²) >= 11 is 3.38. The van der Waals surface area contributed by atoms with Gasteiger partial charge in [0.15, 0.2) is 0 Å². The predicted octanol–water partition coefficient (Wildman–Crippen LogP) is 4.44. The van der Waals surface area contributed by atoms with E-state index in [1.54, 1.807) is 12.1 Å². The number of halogens is 1. The number of aryl methyl sites for hydroxylation is 1. The normalized spacial score (nSPS) is 11.9. The second kappa shape index (κ2) is 7.09. The summed E-state index contributed by atoms with van der Waals surface area (Å²) in [6.45, 7) is 0. The van der Waals surface area contributed by atoms with Crippen molar-refractivity contribution in [3.8, 4) is 0 Å². The summed E-state index contributed by atoms with van der Waals surface area (Å²) in [6, 6.07) is 16.9. The van der Waals surface area contributed by atoms with Crippen LogP contribution in [-0.2, 0) is 11.2 Å². The number of benzene rings is 2. The van der Waals surface area contributed by atoms with Crippen molar-refractivity contribution in [2.75, 3.05) is 0 Å². The van der Waals surface area contributed by atoms with Crippen LogP contribution in [0.5, 0.6) is 0 Å². The fourth-order valence-corrected chi connectivity index (χ4v) is 2.35. The Bertz CT molecular complexity index is 645. The van der Waals surface area contributed by atoms with E-state index >= 15 is 0 Å². The minimum Gasteiger partial charge on any atom is -0.502 e. The van der Waals surface area contributed by atoms with E-state index in [1.165, 1.54) is 0 Å². The molecule has 0 aliphatic heterocycles. The van der Waals surface area contributed by atoms with Gasteiger partial charge in [-0.25, -0.2) is 4.79 Å². The number of aliphatic hydroxyl groups excluding tert-OH is 1. The molecule has 0 heterocycles. The summed E-state index contributed by atoms with van der Waals surface area (Å²) in [5.41, 5.74) is 2.27. The van der Waals surface area contributed by atoms with Gasteiger partial charge in [-0.3, -0.25) is 0 Å². The Morgan fingerprint density at radius 2 is 1.57 bits per heavy atom. The van der Waals surface area contributed by atoms with Gasteiger partial charge in [0.25, 0.3) is 0 Å². The fourth-order valence-electron chi connectivity index (χ4n) is 2.09. The highest BCUT2D eigenvalue weighted by molar-refractivity contribution is 9.10. The SMILES string of the molecule is O=C(O)/C(O)=C(\CCc1ccc(Br)cc1)c1ccccc1. The van der Waals surface area contributed by atoms with Crippen molar-refractivity contribution in [3.63, 3.8) is 0 Å². The Balaban J connectivity index is 2.24. The van der Waals surface area contributed by atoms with Crippen molar-refractivity contribution in [1.29, 1.82) is 0 Å². The largest absolute Gasteiger partial charge is 0.502 e. The summed E-state index contributed by atoms with van der Waals surface area (Å²) in [5, 5.41) is 18.9. The number of allylic oxidation sites excluding steroid dienone is 1. The molecule has 0 aliphatic rings. The molecule has 2 rings (SSSR count). The van der Waals surface area contributed by atoms with Crippen LogP contribution in [0.2, 0.25) is 0 Å². The molecule has 3 nitrogen and oxygen atoms in total. The molecule has 4 heteroatoms. The number of carboxylic acids is 1. The highest BCUT2D eigenvalue weighted by atomic mass is 79.9. The third-order valence-corrected chi connectivity index (χ3v) is 3.72. The molecule has 21 heavy (non-hydrogen) atoms. The minimum absolute atomic E-state index is 0.450. The maximum absolute atomic E-state index is 11.1. The first-order valence-electron chi connectivity index (χ1n) is 6.53. The molecule has 0 fully saturated rings. The molecule has 0 aromatic heterocycles. The maximum atomic E-state index is 11.1. The lowest BCUT2D eigenvalue weighted by Crippen LogP contribution is -2.04.